The maximum atomic E-state index is 10.3. The van der Waals surface area contributed by atoms with E-state index in [4.69, 9.17) is 0 Å². The van der Waals surface area contributed by atoms with Crippen LogP contribution in [0.15, 0.2) is 24.3 Å². The molecule has 0 fully saturated rings. The average Bonchev–Trinajstić information content (AvgIpc) is 2.87. The van der Waals surface area contributed by atoms with Crippen LogP contribution in [-0.4, -0.2) is 11.2 Å². The SMILES string of the molecule is Cc1ccc2c3c(sc2c1)C1=CC[C@H](O)C1(C)CC3. The summed E-state index contributed by atoms with van der Waals surface area (Å²) in [5.74, 6) is 0. The minimum absolute atomic E-state index is 0.0110. The summed E-state index contributed by atoms with van der Waals surface area (Å²) in [4.78, 5) is 1.44. The minimum atomic E-state index is -0.192. The van der Waals surface area contributed by atoms with E-state index in [1.165, 1.54) is 31.7 Å². The molecule has 1 unspecified atom stereocenters. The lowest BCUT2D eigenvalue weighted by atomic mass is 9.71. The van der Waals surface area contributed by atoms with Crippen molar-refractivity contribution in [2.45, 2.75) is 39.2 Å². The molecule has 1 aromatic heterocycles. The number of benzene rings is 1. The lowest BCUT2D eigenvalue weighted by molar-refractivity contribution is 0.0830. The van der Waals surface area contributed by atoms with E-state index in [1.807, 2.05) is 11.3 Å². The van der Waals surface area contributed by atoms with E-state index >= 15 is 0 Å². The highest BCUT2D eigenvalue weighted by molar-refractivity contribution is 7.20. The summed E-state index contributed by atoms with van der Waals surface area (Å²) in [6.45, 7) is 4.38. The summed E-state index contributed by atoms with van der Waals surface area (Å²) in [6.07, 6.45) is 5.07. The van der Waals surface area contributed by atoms with E-state index in [0.29, 0.717) is 0 Å². The van der Waals surface area contributed by atoms with Crippen molar-refractivity contribution in [3.8, 4) is 0 Å². The molecule has 98 valence electrons. The van der Waals surface area contributed by atoms with Crippen LogP contribution in [0.3, 0.4) is 0 Å². The Balaban J connectivity index is 1.98. The van der Waals surface area contributed by atoms with Crippen LogP contribution < -0.4 is 0 Å². The van der Waals surface area contributed by atoms with Gasteiger partial charge in [-0.2, -0.15) is 0 Å². The fraction of sp³-hybridized carbons (Fsp3) is 0.412. The number of aliphatic hydroxyl groups excluding tert-OH is 1. The van der Waals surface area contributed by atoms with Crippen LogP contribution in [0.4, 0.5) is 0 Å². The molecule has 1 nitrogen and oxygen atoms in total. The maximum Gasteiger partial charge on any atom is 0.0669 e. The largest absolute Gasteiger partial charge is 0.392 e. The van der Waals surface area contributed by atoms with Gasteiger partial charge in [-0.05, 0) is 54.3 Å². The second-order valence-electron chi connectivity index (χ2n) is 6.20. The molecule has 0 saturated heterocycles. The third kappa shape index (κ3) is 1.44. The zero-order chi connectivity index (χ0) is 13.2. The van der Waals surface area contributed by atoms with Crippen molar-refractivity contribution in [1.82, 2.24) is 0 Å². The molecule has 4 rings (SSSR count). The summed E-state index contributed by atoms with van der Waals surface area (Å²) < 4.78 is 1.40. The van der Waals surface area contributed by atoms with Crippen LogP contribution in [0.2, 0.25) is 0 Å². The Labute approximate surface area is 117 Å². The molecule has 2 heteroatoms. The van der Waals surface area contributed by atoms with Gasteiger partial charge < -0.3 is 5.11 Å². The normalized spacial score (nSPS) is 29.2. The third-order valence-corrected chi connectivity index (χ3v) is 6.21. The highest BCUT2D eigenvalue weighted by atomic mass is 32.1. The molecule has 0 saturated carbocycles. The summed E-state index contributed by atoms with van der Waals surface area (Å²) in [5.41, 5.74) is 4.23. The molecule has 2 aromatic rings. The van der Waals surface area contributed by atoms with Gasteiger partial charge in [0.05, 0.1) is 6.10 Å². The van der Waals surface area contributed by atoms with Crippen molar-refractivity contribution >= 4 is 27.0 Å². The zero-order valence-corrected chi connectivity index (χ0v) is 12.2. The molecule has 2 aliphatic carbocycles. The predicted octanol–water partition coefficient (Wildman–Crippen LogP) is 4.31. The van der Waals surface area contributed by atoms with Gasteiger partial charge in [0.25, 0.3) is 0 Å². The van der Waals surface area contributed by atoms with Gasteiger partial charge in [0.2, 0.25) is 0 Å². The number of thiophene rings is 1. The smallest absolute Gasteiger partial charge is 0.0669 e. The van der Waals surface area contributed by atoms with E-state index in [0.717, 1.165) is 19.3 Å². The lowest BCUT2D eigenvalue weighted by Crippen LogP contribution is -2.32. The lowest BCUT2D eigenvalue weighted by Gasteiger charge is -2.35. The average molecular weight is 270 g/mol. The Morgan fingerprint density at radius 2 is 2.21 bits per heavy atom. The highest BCUT2D eigenvalue weighted by Crippen LogP contribution is 2.55. The van der Waals surface area contributed by atoms with Crippen molar-refractivity contribution in [2.24, 2.45) is 5.41 Å². The van der Waals surface area contributed by atoms with Crippen molar-refractivity contribution in [3.05, 3.63) is 40.3 Å². The molecule has 0 spiro atoms. The van der Waals surface area contributed by atoms with Crippen LogP contribution in [-0.2, 0) is 6.42 Å². The molecule has 1 heterocycles. The van der Waals surface area contributed by atoms with Gasteiger partial charge in [0.15, 0.2) is 0 Å². The van der Waals surface area contributed by atoms with Crippen LogP contribution in [0.1, 0.15) is 35.8 Å². The number of rotatable bonds is 0. The molecule has 0 radical (unpaired) electrons. The fourth-order valence-corrected chi connectivity index (χ4v) is 5.19. The Morgan fingerprint density at radius 1 is 1.37 bits per heavy atom. The van der Waals surface area contributed by atoms with Gasteiger partial charge >= 0.3 is 0 Å². The van der Waals surface area contributed by atoms with Crippen molar-refractivity contribution < 1.29 is 5.11 Å². The number of fused-ring (bicyclic) bond motifs is 5. The minimum Gasteiger partial charge on any atom is -0.392 e. The first-order chi connectivity index (χ1) is 9.09. The van der Waals surface area contributed by atoms with E-state index in [1.54, 1.807) is 0 Å². The fourth-order valence-electron chi connectivity index (χ4n) is 3.66. The van der Waals surface area contributed by atoms with Crippen molar-refractivity contribution in [2.75, 3.05) is 0 Å². The molecule has 2 atom stereocenters. The van der Waals surface area contributed by atoms with Gasteiger partial charge in [-0.25, -0.2) is 0 Å². The van der Waals surface area contributed by atoms with Crippen LogP contribution in [0.25, 0.3) is 15.7 Å². The van der Waals surface area contributed by atoms with Crippen LogP contribution >= 0.6 is 11.3 Å². The second-order valence-corrected chi connectivity index (χ2v) is 7.25. The first-order valence-corrected chi connectivity index (χ1v) is 7.82. The van der Waals surface area contributed by atoms with E-state index < -0.39 is 0 Å². The van der Waals surface area contributed by atoms with Gasteiger partial charge in [-0.1, -0.05) is 25.1 Å². The van der Waals surface area contributed by atoms with Gasteiger partial charge in [0.1, 0.15) is 0 Å². The summed E-state index contributed by atoms with van der Waals surface area (Å²) in [5, 5.41) is 11.7. The molecular formula is C17H18OS. The summed E-state index contributed by atoms with van der Waals surface area (Å²) >= 11 is 1.91. The number of aliphatic hydroxyl groups is 1. The quantitative estimate of drug-likeness (QED) is 0.756. The molecule has 2 aliphatic rings. The van der Waals surface area contributed by atoms with Crippen LogP contribution in [0, 0.1) is 12.3 Å². The highest BCUT2D eigenvalue weighted by Gasteiger charge is 2.44. The molecule has 1 aromatic carbocycles. The maximum absolute atomic E-state index is 10.3. The van der Waals surface area contributed by atoms with Crippen LogP contribution in [0.5, 0.6) is 0 Å². The monoisotopic (exact) mass is 270 g/mol. The molecule has 1 N–H and O–H groups in total. The van der Waals surface area contributed by atoms with Gasteiger partial charge in [-0.15, -0.1) is 11.3 Å². The zero-order valence-electron chi connectivity index (χ0n) is 11.4. The molecule has 19 heavy (non-hydrogen) atoms. The van der Waals surface area contributed by atoms with Crippen molar-refractivity contribution in [3.63, 3.8) is 0 Å². The third-order valence-electron chi connectivity index (χ3n) is 4.98. The van der Waals surface area contributed by atoms with Gasteiger partial charge in [-0.3, -0.25) is 0 Å². The van der Waals surface area contributed by atoms with E-state index in [2.05, 4.69) is 38.1 Å². The van der Waals surface area contributed by atoms with E-state index in [9.17, 15) is 5.11 Å². The first-order valence-electron chi connectivity index (χ1n) is 7.01. The number of hydrogen-bond acceptors (Lipinski definition) is 2. The Hall–Kier alpha value is -1.12. The second kappa shape index (κ2) is 3.71. The topological polar surface area (TPSA) is 20.2 Å². The summed E-state index contributed by atoms with van der Waals surface area (Å²) in [7, 11) is 0. The molecule has 0 aliphatic heterocycles. The number of aryl methyl sites for hydroxylation is 2. The standard InChI is InChI=1S/C17H18OS/c1-10-3-4-11-12-7-8-17(2)13(5-6-15(17)18)16(12)19-14(11)9-10/h3-5,9,15,18H,6-8H2,1-2H3/t15-,17?/m0/s1. The molecular weight excluding hydrogens is 252 g/mol. The summed E-state index contributed by atoms with van der Waals surface area (Å²) in [6, 6.07) is 6.78. The number of hydrogen-bond donors (Lipinski definition) is 1. The van der Waals surface area contributed by atoms with E-state index in [-0.39, 0.29) is 11.5 Å². The molecule has 0 bridgehead atoms. The Morgan fingerprint density at radius 3 is 3.05 bits per heavy atom. The van der Waals surface area contributed by atoms with Crippen molar-refractivity contribution in [1.29, 1.82) is 0 Å². The molecule has 0 amide bonds. The Kier molecular flexibility index (Phi) is 2.28. The van der Waals surface area contributed by atoms with Gasteiger partial charge in [0, 0.05) is 15.0 Å². The Bertz CT molecular complexity index is 709. The first kappa shape index (κ1) is 11.7. The predicted molar refractivity (Wildman–Crippen MR) is 81.6 cm³/mol.